The first-order chi connectivity index (χ1) is 9.18. The van der Waals surface area contributed by atoms with Crippen molar-refractivity contribution >= 4 is 16.0 Å². The highest BCUT2D eigenvalue weighted by Gasteiger charge is 2.29. The fourth-order valence-electron chi connectivity index (χ4n) is 1.95. The lowest BCUT2D eigenvalue weighted by molar-refractivity contribution is -0.141. The van der Waals surface area contributed by atoms with Crippen LogP contribution >= 0.6 is 0 Å². The van der Waals surface area contributed by atoms with Crippen LogP contribution in [0.15, 0.2) is 23.1 Å². The summed E-state index contributed by atoms with van der Waals surface area (Å²) < 4.78 is 31.0. The van der Waals surface area contributed by atoms with E-state index in [1.54, 1.807) is 26.0 Å². The molecule has 0 aliphatic rings. The monoisotopic (exact) mass is 299 g/mol. The zero-order valence-corrected chi connectivity index (χ0v) is 13.3. The summed E-state index contributed by atoms with van der Waals surface area (Å²) in [5, 5.41) is 0. The first-order valence-corrected chi connectivity index (χ1v) is 7.79. The summed E-state index contributed by atoms with van der Waals surface area (Å²) in [4.78, 5) is 11.6. The Labute approximate surface area is 120 Å². The van der Waals surface area contributed by atoms with Gasteiger partial charge in [0.1, 0.15) is 6.54 Å². The molecule has 0 amide bonds. The third-order valence-electron chi connectivity index (χ3n) is 2.89. The molecule has 0 radical (unpaired) electrons. The van der Waals surface area contributed by atoms with Crippen LogP contribution < -0.4 is 0 Å². The lowest BCUT2D eigenvalue weighted by Crippen LogP contribution is -2.41. The van der Waals surface area contributed by atoms with Gasteiger partial charge in [-0.2, -0.15) is 4.31 Å². The molecule has 1 rings (SSSR count). The van der Waals surface area contributed by atoms with Gasteiger partial charge in [0, 0.05) is 6.04 Å². The van der Waals surface area contributed by atoms with Gasteiger partial charge in [-0.1, -0.05) is 6.07 Å². The van der Waals surface area contributed by atoms with Crippen molar-refractivity contribution in [2.75, 3.05) is 13.7 Å². The second-order valence-corrected chi connectivity index (χ2v) is 6.93. The number of esters is 1. The smallest absolute Gasteiger partial charge is 0.321 e. The lowest BCUT2D eigenvalue weighted by atomic mass is 10.2. The summed E-state index contributed by atoms with van der Waals surface area (Å²) in [5.41, 5.74) is 1.73. The van der Waals surface area contributed by atoms with Crippen LogP contribution in [0.25, 0.3) is 0 Å². The van der Waals surface area contributed by atoms with E-state index < -0.39 is 16.0 Å². The molecule has 0 N–H and O–H groups in total. The number of hydrogen-bond donors (Lipinski definition) is 0. The van der Waals surface area contributed by atoms with Crippen LogP contribution in [0.2, 0.25) is 0 Å². The Hall–Kier alpha value is -1.40. The van der Waals surface area contributed by atoms with Gasteiger partial charge in [-0.05, 0) is 51.0 Å². The molecule has 0 spiro atoms. The minimum Gasteiger partial charge on any atom is -0.468 e. The zero-order chi connectivity index (χ0) is 15.5. The molecule has 0 aliphatic heterocycles. The molecule has 0 saturated heterocycles. The highest BCUT2D eigenvalue weighted by Crippen LogP contribution is 2.21. The standard InChI is InChI=1S/C14H21NO4S/c1-10(2)15(9-14(16)19-5)20(17,18)13-7-11(3)6-12(4)8-13/h6-8,10H,9H2,1-5H3. The number of nitrogens with zero attached hydrogens (tertiary/aromatic N) is 1. The molecule has 6 heteroatoms. The number of rotatable bonds is 5. The van der Waals surface area contributed by atoms with Gasteiger partial charge in [0.15, 0.2) is 0 Å². The molecule has 0 unspecified atom stereocenters. The van der Waals surface area contributed by atoms with E-state index >= 15 is 0 Å². The highest BCUT2D eigenvalue weighted by atomic mass is 32.2. The molecule has 0 aromatic heterocycles. The van der Waals surface area contributed by atoms with Crippen molar-refractivity contribution in [3.8, 4) is 0 Å². The summed E-state index contributed by atoms with van der Waals surface area (Å²) >= 11 is 0. The molecular formula is C14H21NO4S. The van der Waals surface area contributed by atoms with E-state index in [0.29, 0.717) is 0 Å². The van der Waals surface area contributed by atoms with Gasteiger partial charge >= 0.3 is 5.97 Å². The minimum absolute atomic E-state index is 0.201. The number of aryl methyl sites for hydroxylation is 2. The largest absolute Gasteiger partial charge is 0.468 e. The Morgan fingerprint density at radius 3 is 2.10 bits per heavy atom. The van der Waals surface area contributed by atoms with Crippen molar-refractivity contribution in [1.82, 2.24) is 4.31 Å². The predicted octanol–water partition coefficient (Wildman–Crippen LogP) is 1.88. The molecule has 1 aromatic rings. The molecule has 0 saturated carbocycles. The van der Waals surface area contributed by atoms with Crippen LogP contribution in [-0.2, 0) is 19.6 Å². The van der Waals surface area contributed by atoms with Crippen molar-refractivity contribution in [1.29, 1.82) is 0 Å². The van der Waals surface area contributed by atoms with Gasteiger partial charge in [0.2, 0.25) is 10.0 Å². The third-order valence-corrected chi connectivity index (χ3v) is 4.89. The summed E-state index contributed by atoms with van der Waals surface area (Å²) in [6.45, 7) is 6.84. The van der Waals surface area contributed by atoms with E-state index in [1.807, 2.05) is 19.9 Å². The molecule has 5 nitrogen and oxygen atoms in total. The fraction of sp³-hybridized carbons (Fsp3) is 0.500. The Morgan fingerprint density at radius 1 is 1.20 bits per heavy atom. The molecule has 0 fully saturated rings. The minimum atomic E-state index is -3.72. The molecule has 112 valence electrons. The van der Waals surface area contributed by atoms with E-state index in [9.17, 15) is 13.2 Å². The number of methoxy groups -OCH3 is 1. The summed E-state index contributed by atoms with van der Waals surface area (Å²) in [7, 11) is -2.48. The second kappa shape index (κ2) is 6.37. The Bertz CT molecular complexity index is 573. The van der Waals surface area contributed by atoms with E-state index in [-0.39, 0.29) is 17.5 Å². The number of carbonyl (C=O) groups is 1. The topological polar surface area (TPSA) is 63.7 Å². The van der Waals surface area contributed by atoms with Crippen molar-refractivity contribution in [3.63, 3.8) is 0 Å². The van der Waals surface area contributed by atoms with Crippen LogP contribution in [0, 0.1) is 13.8 Å². The molecule has 0 bridgehead atoms. The lowest BCUT2D eigenvalue weighted by Gasteiger charge is -2.25. The molecule has 20 heavy (non-hydrogen) atoms. The van der Waals surface area contributed by atoms with Crippen molar-refractivity contribution < 1.29 is 17.9 Å². The van der Waals surface area contributed by atoms with Gasteiger partial charge < -0.3 is 4.74 Å². The van der Waals surface area contributed by atoms with Gasteiger partial charge in [-0.15, -0.1) is 0 Å². The summed E-state index contributed by atoms with van der Waals surface area (Å²) in [6, 6.07) is 4.78. The molecular weight excluding hydrogens is 278 g/mol. The normalized spacial score (nSPS) is 11.9. The van der Waals surface area contributed by atoms with Gasteiger partial charge in [-0.25, -0.2) is 8.42 Å². The number of benzene rings is 1. The molecule has 0 aliphatic carbocycles. The number of sulfonamides is 1. The second-order valence-electron chi connectivity index (χ2n) is 5.04. The molecule has 1 aromatic carbocycles. The van der Waals surface area contributed by atoms with Crippen LogP contribution in [0.3, 0.4) is 0 Å². The van der Waals surface area contributed by atoms with Crippen LogP contribution in [0.4, 0.5) is 0 Å². The summed E-state index contributed by atoms with van der Waals surface area (Å²) in [5.74, 6) is -0.577. The first kappa shape index (κ1) is 16.7. The number of hydrogen-bond acceptors (Lipinski definition) is 4. The molecule has 0 atom stereocenters. The maximum absolute atomic E-state index is 12.6. The van der Waals surface area contributed by atoms with E-state index in [0.717, 1.165) is 15.4 Å². The summed E-state index contributed by atoms with van der Waals surface area (Å²) in [6.07, 6.45) is 0. The Kier molecular flexibility index (Phi) is 5.30. The van der Waals surface area contributed by atoms with Crippen LogP contribution in [0.5, 0.6) is 0 Å². The number of carbonyl (C=O) groups excluding carboxylic acids is 1. The first-order valence-electron chi connectivity index (χ1n) is 6.35. The van der Waals surface area contributed by atoms with Gasteiger partial charge in [0.25, 0.3) is 0 Å². The van der Waals surface area contributed by atoms with Crippen LogP contribution in [0.1, 0.15) is 25.0 Å². The van der Waals surface area contributed by atoms with E-state index in [4.69, 9.17) is 0 Å². The van der Waals surface area contributed by atoms with Crippen molar-refractivity contribution in [2.24, 2.45) is 0 Å². The van der Waals surface area contributed by atoms with Gasteiger partial charge in [0.05, 0.1) is 12.0 Å². The van der Waals surface area contributed by atoms with E-state index in [2.05, 4.69) is 4.74 Å². The maximum atomic E-state index is 12.6. The van der Waals surface area contributed by atoms with Crippen LogP contribution in [-0.4, -0.2) is 38.4 Å². The Balaban J connectivity index is 3.26. The van der Waals surface area contributed by atoms with E-state index in [1.165, 1.54) is 7.11 Å². The SMILES string of the molecule is COC(=O)CN(C(C)C)S(=O)(=O)c1cc(C)cc(C)c1. The quantitative estimate of drug-likeness (QED) is 0.779. The highest BCUT2D eigenvalue weighted by molar-refractivity contribution is 7.89. The average Bonchev–Trinajstić information content (AvgIpc) is 2.33. The predicted molar refractivity (Wildman–Crippen MR) is 77.0 cm³/mol. The maximum Gasteiger partial charge on any atom is 0.321 e. The third kappa shape index (κ3) is 3.80. The zero-order valence-electron chi connectivity index (χ0n) is 12.5. The van der Waals surface area contributed by atoms with Gasteiger partial charge in [-0.3, -0.25) is 4.79 Å². The average molecular weight is 299 g/mol. The molecule has 0 heterocycles. The van der Waals surface area contributed by atoms with Crippen molar-refractivity contribution in [2.45, 2.75) is 38.6 Å². The Morgan fingerprint density at radius 2 is 1.70 bits per heavy atom. The van der Waals surface area contributed by atoms with Crippen molar-refractivity contribution in [3.05, 3.63) is 29.3 Å². The number of ether oxygens (including phenoxy) is 1. The fourth-order valence-corrected chi connectivity index (χ4v) is 3.72.